The van der Waals surface area contributed by atoms with Crippen LogP contribution in [0, 0.1) is 10.1 Å². The molecule has 0 aliphatic carbocycles. The van der Waals surface area contributed by atoms with Crippen LogP contribution in [0.25, 0.3) is 6.08 Å². The SMILES string of the molecule is CCOc1ccc(N2C(=O)C(=Cc3ccc(C(C)(C)C)cc3)S(=O)(=O)C2c2cccc([N+](=O)[O-])c2)cc1. The molecule has 0 N–H and O–H groups in total. The summed E-state index contributed by atoms with van der Waals surface area (Å²) in [5, 5.41) is 9.94. The molecule has 1 aliphatic heterocycles. The zero-order valence-electron chi connectivity index (χ0n) is 21.0. The first-order chi connectivity index (χ1) is 17.4. The first kappa shape index (κ1) is 26.1. The van der Waals surface area contributed by atoms with Crippen LogP contribution in [-0.2, 0) is 20.0 Å². The van der Waals surface area contributed by atoms with E-state index < -0.39 is 26.0 Å². The average Bonchev–Trinajstić information content (AvgIpc) is 3.05. The Morgan fingerprint density at radius 3 is 2.24 bits per heavy atom. The molecule has 0 spiro atoms. The van der Waals surface area contributed by atoms with Crippen molar-refractivity contribution in [2.75, 3.05) is 11.5 Å². The van der Waals surface area contributed by atoms with Crippen LogP contribution in [0.2, 0.25) is 0 Å². The fourth-order valence-electron chi connectivity index (χ4n) is 4.22. The van der Waals surface area contributed by atoms with Gasteiger partial charge in [-0.15, -0.1) is 0 Å². The molecule has 0 radical (unpaired) electrons. The summed E-state index contributed by atoms with van der Waals surface area (Å²) in [5.41, 5.74) is 1.75. The Labute approximate surface area is 216 Å². The molecule has 4 rings (SSSR count). The summed E-state index contributed by atoms with van der Waals surface area (Å²) in [4.78, 5) is 25.3. The van der Waals surface area contributed by atoms with Gasteiger partial charge in [-0.3, -0.25) is 19.8 Å². The van der Waals surface area contributed by atoms with Gasteiger partial charge in [0, 0.05) is 17.8 Å². The molecule has 1 saturated heterocycles. The van der Waals surface area contributed by atoms with E-state index in [4.69, 9.17) is 4.74 Å². The van der Waals surface area contributed by atoms with Crippen molar-refractivity contribution in [2.24, 2.45) is 0 Å². The number of carbonyl (C=O) groups excluding carboxylic acids is 1. The number of hydrogen-bond acceptors (Lipinski definition) is 6. The maximum absolute atomic E-state index is 13.8. The Morgan fingerprint density at radius 1 is 1.03 bits per heavy atom. The predicted octanol–water partition coefficient (Wildman–Crippen LogP) is 5.79. The van der Waals surface area contributed by atoms with Gasteiger partial charge in [-0.1, -0.05) is 57.2 Å². The second-order valence-corrected chi connectivity index (χ2v) is 11.7. The van der Waals surface area contributed by atoms with Crippen molar-refractivity contribution in [3.63, 3.8) is 0 Å². The van der Waals surface area contributed by atoms with Crippen LogP contribution in [0.1, 0.15) is 49.8 Å². The van der Waals surface area contributed by atoms with Crippen LogP contribution in [0.15, 0.2) is 77.7 Å². The number of rotatable bonds is 6. The number of nitro benzene ring substituents is 1. The van der Waals surface area contributed by atoms with Crippen molar-refractivity contribution in [1.29, 1.82) is 0 Å². The van der Waals surface area contributed by atoms with Crippen LogP contribution in [-0.4, -0.2) is 25.9 Å². The number of nitrogens with zero attached hydrogens (tertiary/aromatic N) is 2. The molecule has 1 atom stereocenters. The minimum atomic E-state index is -4.24. The third-order valence-electron chi connectivity index (χ3n) is 6.13. The lowest BCUT2D eigenvalue weighted by molar-refractivity contribution is -0.384. The summed E-state index contributed by atoms with van der Waals surface area (Å²) >= 11 is 0. The van der Waals surface area contributed by atoms with Gasteiger partial charge >= 0.3 is 0 Å². The van der Waals surface area contributed by atoms with Gasteiger partial charge in [-0.05, 0) is 59.4 Å². The van der Waals surface area contributed by atoms with Crippen LogP contribution in [0.5, 0.6) is 5.75 Å². The Morgan fingerprint density at radius 2 is 1.68 bits per heavy atom. The number of hydrogen-bond donors (Lipinski definition) is 0. The minimum absolute atomic E-state index is 0.0848. The van der Waals surface area contributed by atoms with E-state index in [1.54, 1.807) is 36.4 Å². The lowest BCUT2D eigenvalue weighted by Crippen LogP contribution is -2.29. The topological polar surface area (TPSA) is 107 Å². The molecule has 9 heteroatoms. The van der Waals surface area contributed by atoms with Crippen molar-refractivity contribution < 1.29 is 22.9 Å². The van der Waals surface area contributed by atoms with E-state index in [2.05, 4.69) is 20.8 Å². The molecule has 8 nitrogen and oxygen atoms in total. The second-order valence-electron chi connectivity index (χ2n) is 9.73. The van der Waals surface area contributed by atoms with Crippen molar-refractivity contribution in [3.05, 3.63) is 105 Å². The Bertz CT molecular complexity index is 1470. The molecule has 192 valence electrons. The molecule has 1 unspecified atom stereocenters. The molecule has 1 fully saturated rings. The number of carbonyl (C=O) groups is 1. The molecule has 37 heavy (non-hydrogen) atoms. The summed E-state index contributed by atoms with van der Waals surface area (Å²) in [5.74, 6) is -0.136. The molecule has 1 amide bonds. The zero-order valence-corrected chi connectivity index (χ0v) is 21.9. The van der Waals surface area contributed by atoms with E-state index in [9.17, 15) is 23.3 Å². The zero-order chi connectivity index (χ0) is 27.0. The van der Waals surface area contributed by atoms with E-state index in [0.717, 1.165) is 5.56 Å². The molecular weight excluding hydrogens is 492 g/mol. The molecule has 0 bridgehead atoms. The number of sulfone groups is 1. The fraction of sp³-hybridized carbons (Fsp3) is 0.250. The first-order valence-electron chi connectivity index (χ1n) is 11.8. The first-order valence-corrected chi connectivity index (χ1v) is 13.3. The molecule has 1 heterocycles. The van der Waals surface area contributed by atoms with Crippen LogP contribution < -0.4 is 9.64 Å². The third-order valence-corrected chi connectivity index (χ3v) is 8.11. The number of amides is 1. The summed E-state index contributed by atoms with van der Waals surface area (Å²) in [7, 11) is -4.24. The number of anilines is 1. The van der Waals surface area contributed by atoms with Gasteiger partial charge in [-0.2, -0.15) is 0 Å². The molecular formula is C28H28N2O6S. The van der Waals surface area contributed by atoms with Gasteiger partial charge in [0.15, 0.2) is 5.37 Å². The summed E-state index contributed by atoms with van der Waals surface area (Å²) in [6, 6.07) is 19.2. The lowest BCUT2D eigenvalue weighted by Gasteiger charge is -2.23. The highest BCUT2D eigenvalue weighted by Crippen LogP contribution is 2.44. The molecule has 3 aromatic carbocycles. The van der Waals surface area contributed by atoms with Gasteiger partial charge in [0.2, 0.25) is 9.84 Å². The maximum atomic E-state index is 13.8. The van der Waals surface area contributed by atoms with E-state index in [1.807, 2.05) is 19.1 Å². The van der Waals surface area contributed by atoms with E-state index in [-0.39, 0.29) is 21.6 Å². The monoisotopic (exact) mass is 520 g/mol. The molecule has 1 aliphatic rings. The van der Waals surface area contributed by atoms with E-state index in [1.165, 1.54) is 35.2 Å². The number of ether oxygens (including phenoxy) is 1. The van der Waals surface area contributed by atoms with Gasteiger partial charge in [0.25, 0.3) is 11.6 Å². The van der Waals surface area contributed by atoms with Crippen LogP contribution in [0.3, 0.4) is 0 Å². The Kier molecular flexibility index (Phi) is 6.92. The predicted molar refractivity (Wildman–Crippen MR) is 143 cm³/mol. The van der Waals surface area contributed by atoms with Crippen molar-refractivity contribution >= 4 is 33.2 Å². The van der Waals surface area contributed by atoms with Crippen LogP contribution >= 0.6 is 0 Å². The third kappa shape index (κ3) is 5.13. The lowest BCUT2D eigenvalue weighted by atomic mass is 9.87. The van der Waals surface area contributed by atoms with E-state index >= 15 is 0 Å². The van der Waals surface area contributed by atoms with Crippen molar-refractivity contribution in [2.45, 2.75) is 38.5 Å². The Balaban J connectivity index is 1.86. The second kappa shape index (κ2) is 9.82. The quantitative estimate of drug-likeness (QED) is 0.231. The standard InChI is InChI=1S/C28H28N2O6S/c1-5-36-24-15-13-22(14-16-24)29-26(31)25(17-19-9-11-21(12-10-19)28(2,3)4)37(34,35)27(29)20-7-6-8-23(18-20)30(32)33/h6-18,27H,5H2,1-4H3. The van der Waals surface area contributed by atoms with Gasteiger partial charge in [-0.25, -0.2) is 8.42 Å². The summed E-state index contributed by atoms with van der Waals surface area (Å²) in [6.45, 7) is 8.51. The highest BCUT2D eigenvalue weighted by Gasteiger charge is 2.50. The summed E-state index contributed by atoms with van der Waals surface area (Å²) < 4.78 is 33.2. The normalized spacial score (nSPS) is 18.3. The van der Waals surface area contributed by atoms with Gasteiger partial charge < -0.3 is 4.74 Å². The van der Waals surface area contributed by atoms with Crippen molar-refractivity contribution in [1.82, 2.24) is 0 Å². The minimum Gasteiger partial charge on any atom is -0.494 e. The van der Waals surface area contributed by atoms with Gasteiger partial charge in [0.1, 0.15) is 10.7 Å². The van der Waals surface area contributed by atoms with Crippen molar-refractivity contribution in [3.8, 4) is 5.75 Å². The number of non-ortho nitro benzene ring substituents is 1. The largest absolute Gasteiger partial charge is 0.494 e. The molecule has 0 aromatic heterocycles. The highest BCUT2D eigenvalue weighted by atomic mass is 32.2. The van der Waals surface area contributed by atoms with Gasteiger partial charge in [0.05, 0.1) is 11.5 Å². The average molecular weight is 521 g/mol. The number of benzene rings is 3. The number of nitro groups is 1. The Hall–Kier alpha value is -3.98. The molecule has 3 aromatic rings. The van der Waals surface area contributed by atoms with E-state index in [0.29, 0.717) is 23.6 Å². The summed E-state index contributed by atoms with van der Waals surface area (Å²) in [6.07, 6.45) is 1.36. The van der Waals surface area contributed by atoms with Crippen LogP contribution in [0.4, 0.5) is 11.4 Å². The fourth-order valence-corrected chi connectivity index (χ4v) is 6.11. The maximum Gasteiger partial charge on any atom is 0.271 e. The smallest absolute Gasteiger partial charge is 0.271 e. The molecule has 0 saturated carbocycles. The highest BCUT2D eigenvalue weighted by molar-refractivity contribution is 7.97.